The molecule has 0 atom stereocenters. The minimum atomic E-state index is -0.754. The first-order valence-electron chi connectivity index (χ1n) is 6.51. The number of carbonyl (C=O) groups excluding carboxylic acids is 1. The smallest absolute Gasteiger partial charge is 0.243 e. The average molecular weight is 306 g/mol. The van der Waals surface area contributed by atoms with Crippen LogP contribution in [0.1, 0.15) is 0 Å². The van der Waals surface area contributed by atoms with E-state index in [1.54, 1.807) is 18.2 Å². The fourth-order valence-electron chi connectivity index (χ4n) is 2.01. The van der Waals surface area contributed by atoms with Gasteiger partial charge in [0.25, 0.3) is 0 Å². The maximum atomic E-state index is 13.4. The largest absolute Gasteiger partial charge is 0.454 e. The number of halogens is 2. The molecule has 3 rings (SSSR count). The molecule has 2 aromatic rings. The Balaban J connectivity index is 1.61. The molecule has 0 radical (unpaired) electrons. The summed E-state index contributed by atoms with van der Waals surface area (Å²) in [5, 5.41) is 5.03. The van der Waals surface area contributed by atoms with Gasteiger partial charge in [0.2, 0.25) is 12.7 Å². The predicted octanol–water partition coefficient (Wildman–Crippen LogP) is 2.74. The number of fused-ring (bicyclic) bond motifs is 1. The third-order valence-corrected chi connectivity index (χ3v) is 3.04. The lowest BCUT2D eigenvalue weighted by atomic mass is 10.2. The minimum absolute atomic E-state index is 0.140. The first-order valence-corrected chi connectivity index (χ1v) is 6.51. The van der Waals surface area contributed by atoms with Crippen molar-refractivity contribution in [2.24, 2.45) is 0 Å². The van der Waals surface area contributed by atoms with Crippen LogP contribution < -0.4 is 20.1 Å². The van der Waals surface area contributed by atoms with Gasteiger partial charge in [-0.25, -0.2) is 8.78 Å². The molecule has 1 aliphatic heterocycles. The van der Waals surface area contributed by atoms with Crippen molar-refractivity contribution >= 4 is 17.3 Å². The molecule has 5 nitrogen and oxygen atoms in total. The molecule has 22 heavy (non-hydrogen) atoms. The molecule has 0 saturated heterocycles. The van der Waals surface area contributed by atoms with Gasteiger partial charge in [-0.3, -0.25) is 4.79 Å². The highest BCUT2D eigenvalue weighted by Gasteiger charge is 2.14. The van der Waals surface area contributed by atoms with Crippen LogP contribution in [-0.4, -0.2) is 19.2 Å². The third kappa shape index (κ3) is 2.93. The van der Waals surface area contributed by atoms with Crippen LogP contribution in [0.2, 0.25) is 0 Å². The monoisotopic (exact) mass is 306 g/mol. The van der Waals surface area contributed by atoms with E-state index in [1.807, 2.05) is 0 Å². The van der Waals surface area contributed by atoms with Gasteiger partial charge >= 0.3 is 0 Å². The molecule has 0 spiro atoms. The summed E-state index contributed by atoms with van der Waals surface area (Å²) in [4.78, 5) is 11.8. The first kappa shape index (κ1) is 14.1. The molecule has 1 amide bonds. The molecule has 1 heterocycles. The highest BCUT2D eigenvalue weighted by molar-refractivity contribution is 5.94. The van der Waals surface area contributed by atoms with Crippen molar-refractivity contribution in [1.29, 1.82) is 0 Å². The van der Waals surface area contributed by atoms with Gasteiger partial charge in [0.15, 0.2) is 11.5 Å². The SMILES string of the molecule is O=C(CNc1c(F)cccc1F)Nc1ccc2c(c1)OCO2. The minimum Gasteiger partial charge on any atom is -0.454 e. The molecule has 2 N–H and O–H groups in total. The standard InChI is InChI=1S/C15H12F2N2O3/c16-10-2-1-3-11(17)15(10)18-7-14(20)19-9-4-5-12-13(6-9)22-8-21-12/h1-6,18H,7-8H2,(H,19,20). The molecule has 114 valence electrons. The van der Waals surface area contributed by atoms with E-state index in [9.17, 15) is 13.6 Å². The summed E-state index contributed by atoms with van der Waals surface area (Å²) in [5.74, 6) is -0.816. The average Bonchev–Trinajstić information content (AvgIpc) is 2.94. The summed E-state index contributed by atoms with van der Waals surface area (Å²) < 4.78 is 37.2. The van der Waals surface area contributed by atoms with Crippen LogP contribution in [0.15, 0.2) is 36.4 Å². The number of rotatable bonds is 4. The van der Waals surface area contributed by atoms with Crippen molar-refractivity contribution in [3.05, 3.63) is 48.0 Å². The molecule has 0 bridgehead atoms. The zero-order valence-electron chi connectivity index (χ0n) is 11.4. The zero-order valence-corrected chi connectivity index (χ0v) is 11.4. The van der Waals surface area contributed by atoms with Crippen molar-refractivity contribution < 1.29 is 23.0 Å². The van der Waals surface area contributed by atoms with Crippen LogP contribution in [0.25, 0.3) is 0 Å². The van der Waals surface area contributed by atoms with E-state index in [4.69, 9.17) is 9.47 Å². The van der Waals surface area contributed by atoms with Gasteiger partial charge in [-0.15, -0.1) is 0 Å². The van der Waals surface area contributed by atoms with Gasteiger partial charge in [-0.2, -0.15) is 0 Å². The number of amides is 1. The number of carbonyl (C=O) groups is 1. The second kappa shape index (κ2) is 5.88. The number of anilines is 2. The molecular weight excluding hydrogens is 294 g/mol. The van der Waals surface area contributed by atoms with Gasteiger partial charge in [0, 0.05) is 11.8 Å². The lowest BCUT2D eigenvalue weighted by molar-refractivity contribution is -0.114. The fourth-order valence-corrected chi connectivity index (χ4v) is 2.01. The Morgan fingerprint density at radius 3 is 2.59 bits per heavy atom. The van der Waals surface area contributed by atoms with Gasteiger partial charge in [-0.1, -0.05) is 6.07 Å². The van der Waals surface area contributed by atoms with Crippen molar-refractivity contribution in [2.75, 3.05) is 24.0 Å². The lowest BCUT2D eigenvalue weighted by Crippen LogP contribution is -2.22. The Bertz CT molecular complexity index is 702. The molecule has 0 aliphatic carbocycles. The topological polar surface area (TPSA) is 59.6 Å². The number of nitrogens with one attached hydrogen (secondary N) is 2. The Morgan fingerprint density at radius 2 is 1.82 bits per heavy atom. The summed E-state index contributed by atoms with van der Waals surface area (Å²) in [6, 6.07) is 8.41. The summed E-state index contributed by atoms with van der Waals surface area (Å²) in [6.45, 7) is -0.132. The Kier molecular flexibility index (Phi) is 3.78. The van der Waals surface area contributed by atoms with Crippen LogP contribution in [0.3, 0.4) is 0 Å². The Morgan fingerprint density at radius 1 is 1.09 bits per heavy atom. The molecule has 2 aromatic carbocycles. The molecule has 0 unspecified atom stereocenters. The maximum absolute atomic E-state index is 13.4. The highest BCUT2D eigenvalue weighted by atomic mass is 19.1. The van der Waals surface area contributed by atoms with Gasteiger partial charge in [-0.05, 0) is 24.3 Å². The number of benzene rings is 2. The zero-order chi connectivity index (χ0) is 15.5. The molecule has 0 aromatic heterocycles. The second-order valence-corrected chi connectivity index (χ2v) is 4.57. The van der Waals surface area contributed by atoms with E-state index < -0.39 is 17.5 Å². The van der Waals surface area contributed by atoms with E-state index >= 15 is 0 Å². The van der Waals surface area contributed by atoms with E-state index in [1.165, 1.54) is 6.07 Å². The maximum Gasteiger partial charge on any atom is 0.243 e. The molecular formula is C15H12F2N2O3. The van der Waals surface area contributed by atoms with Crippen molar-refractivity contribution in [3.8, 4) is 11.5 Å². The number of hydrogen-bond acceptors (Lipinski definition) is 4. The summed E-state index contributed by atoms with van der Waals surface area (Å²) in [6.07, 6.45) is 0. The van der Waals surface area contributed by atoms with Crippen LogP contribution >= 0.6 is 0 Å². The summed E-state index contributed by atoms with van der Waals surface area (Å²) in [7, 11) is 0. The Hall–Kier alpha value is -2.83. The second-order valence-electron chi connectivity index (χ2n) is 4.57. The normalized spacial score (nSPS) is 12.1. The Labute approximate surface area is 124 Å². The van der Waals surface area contributed by atoms with Crippen LogP contribution in [0, 0.1) is 11.6 Å². The van der Waals surface area contributed by atoms with Gasteiger partial charge in [0.05, 0.1) is 6.54 Å². The van der Waals surface area contributed by atoms with Crippen LogP contribution in [-0.2, 0) is 4.79 Å². The summed E-state index contributed by atoms with van der Waals surface area (Å²) >= 11 is 0. The van der Waals surface area contributed by atoms with E-state index in [-0.39, 0.29) is 19.0 Å². The van der Waals surface area contributed by atoms with E-state index in [0.717, 1.165) is 12.1 Å². The third-order valence-electron chi connectivity index (χ3n) is 3.04. The first-order chi connectivity index (χ1) is 10.6. The molecule has 0 saturated carbocycles. The lowest BCUT2D eigenvalue weighted by Gasteiger charge is -2.09. The quantitative estimate of drug-likeness (QED) is 0.912. The van der Waals surface area contributed by atoms with Gasteiger partial charge < -0.3 is 20.1 Å². The molecule has 0 fully saturated rings. The van der Waals surface area contributed by atoms with Crippen LogP contribution in [0.4, 0.5) is 20.2 Å². The summed E-state index contributed by atoms with van der Waals surface area (Å²) in [5.41, 5.74) is 0.174. The fraction of sp³-hybridized carbons (Fsp3) is 0.133. The van der Waals surface area contributed by atoms with Crippen molar-refractivity contribution in [3.63, 3.8) is 0 Å². The number of para-hydroxylation sites is 1. The highest BCUT2D eigenvalue weighted by Crippen LogP contribution is 2.34. The number of hydrogen-bond donors (Lipinski definition) is 2. The molecule has 1 aliphatic rings. The van der Waals surface area contributed by atoms with E-state index in [2.05, 4.69) is 10.6 Å². The van der Waals surface area contributed by atoms with Crippen LogP contribution in [0.5, 0.6) is 11.5 Å². The number of ether oxygens (including phenoxy) is 2. The van der Waals surface area contributed by atoms with E-state index in [0.29, 0.717) is 17.2 Å². The van der Waals surface area contributed by atoms with Crippen molar-refractivity contribution in [1.82, 2.24) is 0 Å². The van der Waals surface area contributed by atoms with Gasteiger partial charge in [0.1, 0.15) is 17.3 Å². The molecule has 7 heteroatoms. The predicted molar refractivity (Wildman–Crippen MR) is 76.0 cm³/mol. The van der Waals surface area contributed by atoms with Crippen molar-refractivity contribution in [2.45, 2.75) is 0 Å².